The number of benzene rings is 1. The number of nitro benzene ring substituents is 1. The lowest BCUT2D eigenvalue weighted by Gasteiger charge is -2.02. The van der Waals surface area contributed by atoms with E-state index < -0.39 is 10.9 Å². The number of nitrogens with zero attached hydrogens (tertiary/aromatic N) is 3. The number of hydrogen-bond donors (Lipinski definition) is 1. The van der Waals surface area contributed by atoms with Crippen LogP contribution >= 0.6 is 11.3 Å². The van der Waals surface area contributed by atoms with Crippen LogP contribution in [0.2, 0.25) is 0 Å². The Morgan fingerprint density at radius 1 is 1.38 bits per heavy atom. The second-order valence-corrected chi connectivity index (χ2v) is 5.23. The molecule has 0 amide bonds. The summed E-state index contributed by atoms with van der Waals surface area (Å²) in [6, 6.07) is 5.98. The van der Waals surface area contributed by atoms with Crippen LogP contribution in [0.15, 0.2) is 29.6 Å². The average molecular weight is 303 g/mol. The summed E-state index contributed by atoms with van der Waals surface area (Å²) in [5.41, 5.74) is 1.90. The number of aryl methyl sites for hydroxylation is 1. The van der Waals surface area contributed by atoms with Crippen molar-refractivity contribution in [2.75, 3.05) is 0 Å². The molecule has 2 aromatic heterocycles. The highest BCUT2D eigenvalue weighted by Crippen LogP contribution is 2.29. The summed E-state index contributed by atoms with van der Waals surface area (Å²) < 4.78 is 1.56. The zero-order valence-electron chi connectivity index (χ0n) is 10.8. The molecule has 0 fully saturated rings. The van der Waals surface area contributed by atoms with Gasteiger partial charge in [-0.3, -0.25) is 14.5 Å². The molecule has 0 spiro atoms. The first kappa shape index (κ1) is 13.3. The zero-order valence-corrected chi connectivity index (χ0v) is 11.6. The van der Waals surface area contributed by atoms with E-state index in [1.807, 2.05) is 0 Å². The number of carbonyl (C=O) groups is 1. The Morgan fingerprint density at radius 3 is 2.62 bits per heavy atom. The van der Waals surface area contributed by atoms with Crippen molar-refractivity contribution in [1.82, 2.24) is 9.38 Å². The van der Waals surface area contributed by atoms with Gasteiger partial charge in [0, 0.05) is 17.5 Å². The van der Waals surface area contributed by atoms with Gasteiger partial charge in [0.15, 0.2) is 10.7 Å². The fourth-order valence-electron chi connectivity index (χ4n) is 2.17. The molecule has 2 heterocycles. The molecule has 3 rings (SSSR count). The van der Waals surface area contributed by atoms with E-state index in [-0.39, 0.29) is 11.4 Å². The van der Waals surface area contributed by atoms with Gasteiger partial charge in [-0.2, -0.15) is 0 Å². The number of carboxylic acids is 1. The Bertz CT molecular complexity index is 864. The van der Waals surface area contributed by atoms with Crippen LogP contribution in [0.25, 0.3) is 16.2 Å². The van der Waals surface area contributed by atoms with Crippen LogP contribution in [0.3, 0.4) is 0 Å². The summed E-state index contributed by atoms with van der Waals surface area (Å²) in [5, 5.41) is 21.8. The number of rotatable bonds is 3. The van der Waals surface area contributed by atoms with Crippen molar-refractivity contribution >= 4 is 28.0 Å². The number of aromatic carboxylic acids is 1. The average Bonchev–Trinajstić information content (AvgIpc) is 2.96. The lowest BCUT2D eigenvalue weighted by molar-refractivity contribution is -0.384. The predicted molar refractivity (Wildman–Crippen MR) is 76.9 cm³/mol. The summed E-state index contributed by atoms with van der Waals surface area (Å²) in [7, 11) is 0. The van der Waals surface area contributed by atoms with Crippen LogP contribution < -0.4 is 0 Å². The minimum atomic E-state index is -1.05. The van der Waals surface area contributed by atoms with Crippen LogP contribution in [0.5, 0.6) is 0 Å². The molecule has 0 aliphatic rings. The van der Waals surface area contributed by atoms with E-state index in [1.165, 1.54) is 23.5 Å². The molecule has 0 atom stereocenters. The van der Waals surface area contributed by atoms with Crippen molar-refractivity contribution < 1.29 is 14.8 Å². The molecule has 8 heteroatoms. The second-order valence-electron chi connectivity index (χ2n) is 4.39. The fourth-order valence-corrected chi connectivity index (χ4v) is 3.11. The first-order valence-corrected chi connectivity index (χ1v) is 6.81. The van der Waals surface area contributed by atoms with Gasteiger partial charge in [-0.1, -0.05) is 0 Å². The van der Waals surface area contributed by atoms with Gasteiger partial charge in [-0.25, -0.2) is 9.78 Å². The van der Waals surface area contributed by atoms with E-state index in [9.17, 15) is 20.0 Å². The number of thiazole rings is 1. The molecule has 0 unspecified atom stereocenters. The van der Waals surface area contributed by atoms with E-state index in [1.54, 1.807) is 28.8 Å². The molecule has 1 aromatic carbocycles. The number of carboxylic acid groups (broad SMARTS) is 1. The molecular weight excluding hydrogens is 294 g/mol. The van der Waals surface area contributed by atoms with E-state index in [4.69, 9.17) is 0 Å². The maximum absolute atomic E-state index is 11.4. The SMILES string of the molecule is Cc1nc2scc(-c3ccc([N+](=O)[O-])cc3)n2c1C(=O)O. The lowest BCUT2D eigenvalue weighted by atomic mass is 10.1. The Hall–Kier alpha value is -2.74. The van der Waals surface area contributed by atoms with Crippen molar-refractivity contribution in [2.24, 2.45) is 0 Å². The molecule has 0 radical (unpaired) electrons. The van der Waals surface area contributed by atoms with Crippen LogP contribution in [-0.4, -0.2) is 25.4 Å². The summed E-state index contributed by atoms with van der Waals surface area (Å²) in [6.45, 7) is 1.64. The first-order chi connectivity index (χ1) is 9.99. The highest BCUT2D eigenvalue weighted by molar-refractivity contribution is 7.15. The molecule has 0 bridgehead atoms. The topological polar surface area (TPSA) is 97.7 Å². The third kappa shape index (κ3) is 2.05. The standard InChI is InChI=1S/C13H9N3O4S/c1-7-11(12(17)18)15-10(6-21-13(15)14-7)8-2-4-9(5-3-8)16(19)20/h2-6H,1H3,(H,17,18). The predicted octanol–water partition coefficient (Wildman–Crippen LogP) is 2.98. The molecule has 0 saturated carbocycles. The van der Waals surface area contributed by atoms with E-state index in [2.05, 4.69) is 4.98 Å². The van der Waals surface area contributed by atoms with Crippen LogP contribution in [0.4, 0.5) is 5.69 Å². The summed E-state index contributed by atoms with van der Waals surface area (Å²) in [6.07, 6.45) is 0. The Balaban J connectivity index is 2.20. The first-order valence-electron chi connectivity index (χ1n) is 5.93. The number of hydrogen-bond acceptors (Lipinski definition) is 5. The number of aromatic nitrogens is 2. The van der Waals surface area contributed by atoms with Crippen LogP contribution in [0.1, 0.15) is 16.2 Å². The van der Waals surface area contributed by atoms with Gasteiger partial charge >= 0.3 is 5.97 Å². The third-order valence-corrected chi connectivity index (χ3v) is 3.94. The molecular formula is C13H9N3O4S. The number of imidazole rings is 1. The van der Waals surface area contributed by atoms with Crippen molar-refractivity contribution in [2.45, 2.75) is 6.92 Å². The molecule has 7 nitrogen and oxygen atoms in total. The van der Waals surface area contributed by atoms with Crippen molar-refractivity contribution in [3.8, 4) is 11.3 Å². The largest absolute Gasteiger partial charge is 0.477 e. The molecule has 1 N–H and O–H groups in total. The fraction of sp³-hybridized carbons (Fsp3) is 0.0769. The van der Waals surface area contributed by atoms with E-state index in [0.29, 0.717) is 21.9 Å². The number of fused-ring (bicyclic) bond motifs is 1. The van der Waals surface area contributed by atoms with Gasteiger partial charge in [0.25, 0.3) is 5.69 Å². The molecule has 0 aliphatic carbocycles. The minimum absolute atomic E-state index is 0.00880. The Morgan fingerprint density at radius 2 is 2.05 bits per heavy atom. The van der Waals surface area contributed by atoms with Gasteiger partial charge in [0.05, 0.1) is 16.3 Å². The van der Waals surface area contributed by atoms with Crippen LogP contribution in [-0.2, 0) is 0 Å². The quantitative estimate of drug-likeness (QED) is 0.592. The number of non-ortho nitro benzene ring substituents is 1. The smallest absolute Gasteiger partial charge is 0.354 e. The van der Waals surface area contributed by atoms with E-state index >= 15 is 0 Å². The van der Waals surface area contributed by atoms with Gasteiger partial charge in [-0.15, -0.1) is 11.3 Å². The summed E-state index contributed by atoms with van der Waals surface area (Å²) in [5.74, 6) is -1.05. The summed E-state index contributed by atoms with van der Waals surface area (Å²) >= 11 is 1.33. The highest BCUT2D eigenvalue weighted by Gasteiger charge is 2.20. The lowest BCUT2D eigenvalue weighted by Crippen LogP contribution is -2.04. The van der Waals surface area contributed by atoms with Crippen molar-refractivity contribution in [3.05, 3.63) is 51.1 Å². The molecule has 106 valence electrons. The normalized spacial score (nSPS) is 10.9. The molecule has 0 aliphatic heterocycles. The maximum Gasteiger partial charge on any atom is 0.354 e. The van der Waals surface area contributed by atoms with Gasteiger partial charge in [-0.05, 0) is 24.6 Å². The van der Waals surface area contributed by atoms with E-state index in [0.717, 1.165) is 0 Å². The summed E-state index contributed by atoms with van der Waals surface area (Å²) in [4.78, 5) is 26.4. The van der Waals surface area contributed by atoms with Crippen molar-refractivity contribution in [3.63, 3.8) is 0 Å². The highest BCUT2D eigenvalue weighted by atomic mass is 32.1. The Labute approximate surface area is 122 Å². The minimum Gasteiger partial charge on any atom is -0.477 e. The van der Waals surface area contributed by atoms with Gasteiger partial charge in [0.2, 0.25) is 0 Å². The van der Waals surface area contributed by atoms with Gasteiger partial charge in [0.1, 0.15) is 0 Å². The van der Waals surface area contributed by atoms with Gasteiger partial charge < -0.3 is 5.11 Å². The number of nitro groups is 1. The molecule has 0 saturated heterocycles. The third-order valence-electron chi connectivity index (χ3n) is 3.11. The maximum atomic E-state index is 11.4. The Kier molecular flexibility index (Phi) is 2.95. The monoisotopic (exact) mass is 303 g/mol. The zero-order chi connectivity index (χ0) is 15.1. The molecule has 3 aromatic rings. The van der Waals surface area contributed by atoms with Crippen LogP contribution in [0, 0.1) is 17.0 Å². The second kappa shape index (κ2) is 4.67. The van der Waals surface area contributed by atoms with Crippen molar-refractivity contribution in [1.29, 1.82) is 0 Å². The molecule has 21 heavy (non-hydrogen) atoms.